The second kappa shape index (κ2) is 44.0. The molecule has 0 heterocycles. The third kappa shape index (κ3) is 42.0. The molecule has 0 fully saturated rings. The fraction of sp³-hybridized carbons (Fsp3) is 1.00. The molecular weight excluding hydrogens is 567 g/mol. The molecule has 0 aliphatic rings. The first kappa shape index (κ1) is 47.0. The molecule has 0 saturated heterocycles. The fourth-order valence-electron chi connectivity index (χ4n) is 7.57. The quantitative estimate of drug-likeness (QED) is 0.0588. The Hall–Kier alpha value is -0.0400. The lowest BCUT2D eigenvalue weighted by atomic mass is 10.0. The van der Waals surface area contributed by atoms with E-state index in [0.717, 1.165) is 0 Å². The van der Waals surface area contributed by atoms with Gasteiger partial charge in [-0.05, 0) is 38.9 Å². The molecule has 1 heteroatoms. The van der Waals surface area contributed by atoms with Crippen LogP contribution in [0.2, 0.25) is 0 Å². The average molecular weight is 662 g/mol. The highest BCUT2D eigenvalue weighted by Crippen LogP contribution is 2.16. The summed E-state index contributed by atoms with van der Waals surface area (Å²) in [5.41, 5.74) is 0. The average Bonchev–Trinajstić information content (AvgIpc) is 3.08. The molecular formula is C46H95N. The van der Waals surface area contributed by atoms with Crippen molar-refractivity contribution in [2.45, 2.75) is 278 Å². The Morgan fingerprint density at radius 1 is 0.170 bits per heavy atom. The summed E-state index contributed by atoms with van der Waals surface area (Å²) in [4.78, 5) is 2.87. The van der Waals surface area contributed by atoms with Crippen molar-refractivity contribution < 1.29 is 0 Å². The van der Waals surface area contributed by atoms with Gasteiger partial charge in [-0.3, -0.25) is 0 Å². The minimum Gasteiger partial charge on any atom is -0.303 e. The lowest BCUT2D eigenvalue weighted by Gasteiger charge is -2.22. The predicted molar refractivity (Wildman–Crippen MR) is 218 cm³/mol. The molecule has 0 bridgehead atoms. The summed E-state index contributed by atoms with van der Waals surface area (Å²) < 4.78 is 0. The van der Waals surface area contributed by atoms with Crippen LogP contribution in [0.1, 0.15) is 278 Å². The van der Waals surface area contributed by atoms with E-state index in [-0.39, 0.29) is 0 Å². The van der Waals surface area contributed by atoms with Gasteiger partial charge in [0.2, 0.25) is 0 Å². The smallest absolute Gasteiger partial charge is 0.00187 e. The van der Waals surface area contributed by atoms with Gasteiger partial charge in [0, 0.05) is 0 Å². The number of unbranched alkanes of at least 4 members (excludes halogenated alkanes) is 37. The molecule has 47 heavy (non-hydrogen) atoms. The van der Waals surface area contributed by atoms with Gasteiger partial charge < -0.3 is 4.90 Å². The Labute approximate surface area is 301 Å². The summed E-state index contributed by atoms with van der Waals surface area (Å²) in [5.74, 6) is 0. The second-order valence-corrected chi connectivity index (χ2v) is 15.9. The van der Waals surface area contributed by atoms with Gasteiger partial charge in [0.1, 0.15) is 0 Å². The number of rotatable bonds is 43. The highest BCUT2D eigenvalue weighted by atomic mass is 15.1. The van der Waals surface area contributed by atoms with Gasteiger partial charge in [-0.1, -0.05) is 258 Å². The summed E-state index contributed by atoms with van der Waals surface area (Å²) >= 11 is 0. The summed E-state index contributed by atoms with van der Waals surface area (Å²) in [6.07, 6.45) is 58.6. The zero-order chi connectivity index (χ0) is 34.0. The van der Waals surface area contributed by atoms with Crippen molar-refractivity contribution in [2.24, 2.45) is 0 Å². The largest absolute Gasteiger partial charge is 0.303 e. The van der Waals surface area contributed by atoms with Crippen LogP contribution in [-0.2, 0) is 0 Å². The topological polar surface area (TPSA) is 3.24 Å². The van der Waals surface area contributed by atoms with E-state index in [1.165, 1.54) is 276 Å². The number of nitrogens with zero attached hydrogens (tertiary/aromatic N) is 1. The van der Waals surface area contributed by atoms with E-state index in [1.54, 1.807) is 0 Å². The van der Waals surface area contributed by atoms with Crippen molar-refractivity contribution in [1.29, 1.82) is 0 Å². The highest BCUT2D eigenvalue weighted by Gasteiger charge is 2.05. The number of hydrogen-bond acceptors (Lipinski definition) is 1. The van der Waals surface area contributed by atoms with E-state index in [1.807, 2.05) is 0 Å². The summed E-state index contributed by atoms with van der Waals surface area (Å²) in [6, 6.07) is 0. The van der Waals surface area contributed by atoms with Crippen LogP contribution in [0.4, 0.5) is 0 Å². The number of hydrogen-bond donors (Lipinski definition) is 0. The van der Waals surface area contributed by atoms with E-state index < -0.39 is 0 Å². The zero-order valence-corrected chi connectivity index (χ0v) is 33.9. The first-order valence-electron chi connectivity index (χ1n) is 23.1. The van der Waals surface area contributed by atoms with Gasteiger partial charge in [0.25, 0.3) is 0 Å². The fourth-order valence-corrected chi connectivity index (χ4v) is 7.57. The van der Waals surface area contributed by atoms with Crippen LogP contribution < -0.4 is 0 Å². The van der Waals surface area contributed by atoms with Crippen LogP contribution in [-0.4, -0.2) is 24.5 Å². The minimum atomic E-state index is 1.37. The molecule has 0 aliphatic heterocycles. The van der Waals surface area contributed by atoms with E-state index in [0.29, 0.717) is 0 Å². The van der Waals surface area contributed by atoms with Crippen molar-refractivity contribution in [3.63, 3.8) is 0 Å². The van der Waals surface area contributed by atoms with Crippen LogP contribution in [0.25, 0.3) is 0 Å². The Balaban J connectivity index is 3.80. The predicted octanol–water partition coefficient (Wildman–Crippen LogP) is 17.0. The maximum atomic E-state index is 2.87. The van der Waals surface area contributed by atoms with E-state index in [4.69, 9.17) is 0 Å². The Morgan fingerprint density at radius 2 is 0.298 bits per heavy atom. The molecule has 0 N–H and O–H groups in total. The monoisotopic (exact) mass is 662 g/mol. The van der Waals surface area contributed by atoms with Gasteiger partial charge in [-0.2, -0.15) is 0 Å². The molecule has 1 nitrogen and oxygen atoms in total. The molecule has 284 valence electrons. The van der Waals surface area contributed by atoms with E-state index >= 15 is 0 Å². The van der Waals surface area contributed by atoms with Crippen molar-refractivity contribution in [1.82, 2.24) is 4.90 Å². The van der Waals surface area contributed by atoms with E-state index in [9.17, 15) is 0 Å². The normalized spacial score (nSPS) is 11.7. The first-order chi connectivity index (χ1) is 23.3. The molecule has 0 unspecified atom stereocenters. The van der Waals surface area contributed by atoms with Crippen molar-refractivity contribution in [3.05, 3.63) is 0 Å². The summed E-state index contributed by atoms with van der Waals surface area (Å²) in [7, 11) is 0. The Morgan fingerprint density at radius 3 is 0.447 bits per heavy atom. The van der Waals surface area contributed by atoms with Crippen LogP contribution in [0.3, 0.4) is 0 Å². The Kier molecular flexibility index (Phi) is 43.9. The second-order valence-electron chi connectivity index (χ2n) is 15.9. The van der Waals surface area contributed by atoms with Crippen LogP contribution >= 0.6 is 0 Å². The van der Waals surface area contributed by atoms with Crippen molar-refractivity contribution in [2.75, 3.05) is 19.6 Å². The van der Waals surface area contributed by atoms with Gasteiger partial charge in [0.15, 0.2) is 0 Å². The van der Waals surface area contributed by atoms with Crippen LogP contribution in [0.15, 0.2) is 0 Å². The van der Waals surface area contributed by atoms with Crippen LogP contribution in [0.5, 0.6) is 0 Å². The lowest BCUT2D eigenvalue weighted by molar-refractivity contribution is 0.254. The maximum Gasteiger partial charge on any atom is -0.00187 e. The van der Waals surface area contributed by atoms with Crippen LogP contribution in [0, 0.1) is 0 Å². The molecule has 0 aromatic heterocycles. The molecule has 0 aromatic carbocycles. The summed E-state index contributed by atoms with van der Waals surface area (Å²) in [6.45, 7) is 11.1. The highest BCUT2D eigenvalue weighted by molar-refractivity contribution is 4.61. The molecule has 0 saturated carbocycles. The van der Waals surface area contributed by atoms with Gasteiger partial charge in [-0.25, -0.2) is 0 Å². The zero-order valence-electron chi connectivity index (χ0n) is 33.9. The molecule has 0 radical (unpaired) electrons. The van der Waals surface area contributed by atoms with Gasteiger partial charge in [0.05, 0.1) is 0 Å². The standard InChI is InChI=1S/C46H95N/c1-4-7-10-13-16-19-21-23-25-27-29-31-33-36-39-42-45-47(44-41-38-35-18-15-12-9-6-3)46-43-40-37-34-32-30-28-26-24-22-20-17-14-11-8-5-2/h4-46H2,1-3H3. The minimum absolute atomic E-state index is 1.37. The lowest BCUT2D eigenvalue weighted by Crippen LogP contribution is -2.27. The van der Waals surface area contributed by atoms with Crippen molar-refractivity contribution in [3.8, 4) is 0 Å². The van der Waals surface area contributed by atoms with Gasteiger partial charge in [-0.15, -0.1) is 0 Å². The molecule has 0 aromatic rings. The van der Waals surface area contributed by atoms with Gasteiger partial charge >= 0.3 is 0 Å². The molecule has 0 rings (SSSR count). The Bertz CT molecular complexity index is 479. The maximum absolute atomic E-state index is 2.87. The molecule has 0 aliphatic carbocycles. The third-order valence-corrected chi connectivity index (χ3v) is 11.0. The molecule has 0 amide bonds. The summed E-state index contributed by atoms with van der Waals surface area (Å²) in [5, 5.41) is 0. The molecule has 0 atom stereocenters. The SMILES string of the molecule is CCCCCCCCCCCCCCCCCCN(CCCCCCCCCC)CCCCCCCCCCCCCCCCCC. The molecule has 0 spiro atoms. The first-order valence-corrected chi connectivity index (χ1v) is 23.1. The third-order valence-electron chi connectivity index (χ3n) is 11.0. The van der Waals surface area contributed by atoms with E-state index in [2.05, 4.69) is 25.7 Å². The van der Waals surface area contributed by atoms with Crippen molar-refractivity contribution >= 4 is 0 Å².